The molecule has 27 heavy (non-hydrogen) atoms. The molecule has 0 aliphatic rings. The zero-order valence-electron chi connectivity index (χ0n) is 14.7. The van der Waals surface area contributed by atoms with Crippen LogP contribution in [0.3, 0.4) is 0 Å². The van der Waals surface area contributed by atoms with Gasteiger partial charge < -0.3 is 10.1 Å². The fraction of sp³-hybridized carbons (Fsp3) is 0.0952. The first kappa shape index (κ1) is 17.2. The van der Waals surface area contributed by atoms with E-state index < -0.39 is 0 Å². The van der Waals surface area contributed by atoms with Gasteiger partial charge in [-0.25, -0.2) is 9.97 Å². The molecule has 0 aliphatic heterocycles. The van der Waals surface area contributed by atoms with Gasteiger partial charge in [-0.1, -0.05) is 41.7 Å². The lowest BCUT2D eigenvalue weighted by molar-refractivity contribution is -0.118. The smallest absolute Gasteiger partial charge is 0.262 e. The molecule has 2 aromatic heterocycles. The topological polar surface area (TPSA) is 64.1 Å². The second kappa shape index (κ2) is 7.55. The molecule has 1 amide bonds. The number of thiazole rings is 1. The Morgan fingerprint density at radius 1 is 1.07 bits per heavy atom. The Labute approximate surface area is 160 Å². The summed E-state index contributed by atoms with van der Waals surface area (Å²) < 4.78 is 5.50. The van der Waals surface area contributed by atoms with E-state index in [0.29, 0.717) is 5.75 Å². The van der Waals surface area contributed by atoms with Crippen LogP contribution in [0, 0.1) is 6.92 Å². The molecule has 0 atom stereocenters. The molecule has 2 aromatic carbocycles. The molecule has 4 aromatic rings. The Balaban J connectivity index is 1.52. The van der Waals surface area contributed by atoms with Crippen molar-refractivity contribution in [3.63, 3.8) is 0 Å². The lowest BCUT2D eigenvalue weighted by Crippen LogP contribution is -2.20. The Hall–Kier alpha value is -3.25. The third kappa shape index (κ3) is 3.80. The lowest BCUT2D eigenvalue weighted by atomic mass is 10.1. The number of rotatable bonds is 5. The molecule has 0 fully saturated rings. The number of nitrogens with zero attached hydrogens (tertiary/aromatic N) is 2. The van der Waals surface area contributed by atoms with Gasteiger partial charge in [0.1, 0.15) is 21.1 Å². The molecule has 0 spiro atoms. The highest BCUT2D eigenvalue weighted by Gasteiger charge is 2.13. The SMILES string of the molecule is Cc1c(NC(=O)COc2ccccc2)cccc1-c1nc2cccnc2s1. The highest BCUT2D eigenvalue weighted by atomic mass is 32.1. The van der Waals surface area contributed by atoms with Crippen molar-refractivity contribution in [1.82, 2.24) is 9.97 Å². The van der Waals surface area contributed by atoms with Gasteiger partial charge >= 0.3 is 0 Å². The van der Waals surface area contributed by atoms with Crippen molar-refractivity contribution < 1.29 is 9.53 Å². The number of aromatic nitrogens is 2. The molecular formula is C21H17N3O2S. The summed E-state index contributed by atoms with van der Waals surface area (Å²) in [6.45, 7) is 1.93. The van der Waals surface area contributed by atoms with E-state index >= 15 is 0 Å². The van der Waals surface area contributed by atoms with Crippen LogP contribution in [-0.2, 0) is 4.79 Å². The average Bonchev–Trinajstić information content (AvgIpc) is 3.13. The van der Waals surface area contributed by atoms with Gasteiger partial charge in [-0.2, -0.15) is 0 Å². The van der Waals surface area contributed by atoms with Crippen LogP contribution < -0.4 is 10.1 Å². The molecule has 5 nitrogen and oxygen atoms in total. The number of fused-ring (bicyclic) bond motifs is 1. The molecule has 0 radical (unpaired) electrons. The monoisotopic (exact) mass is 375 g/mol. The molecule has 0 bridgehead atoms. The predicted octanol–water partition coefficient (Wildman–Crippen LogP) is 4.68. The standard InChI is InChI=1S/C21H17N3O2S/c1-14-16(20-24-18-11-6-12-22-21(18)27-20)9-5-10-17(14)23-19(25)13-26-15-7-3-2-4-8-15/h2-12H,13H2,1H3,(H,23,25). The fourth-order valence-electron chi connectivity index (χ4n) is 2.74. The van der Waals surface area contributed by atoms with Crippen molar-refractivity contribution in [2.24, 2.45) is 0 Å². The lowest BCUT2D eigenvalue weighted by Gasteiger charge is -2.12. The van der Waals surface area contributed by atoms with Crippen molar-refractivity contribution >= 4 is 33.3 Å². The van der Waals surface area contributed by atoms with E-state index in [4.69, 9.17) is 4.74 Å². The first-order chi connectivity index (χ1) is 13.2. The number of hydrogen-bond donors (Lipinski definition) is 1. The van der Waals surface area contributed by atoms with Gasteiger partial charge in [0.25, 0.3) is 5.91 Å². The van der Waals surface area contributed by atoms with Gasteiger partial charge in [0, 0.05) is 17.4 Å². The van der Waals surface area contributed by atoms with Gasteiger partial charge in [0.15, 0.2) is 6.61 Å². The van der Waals surface area contributed by atoms with Crippen LogP contribution in [0.2, 0.25) is 0 Å². The number of para-hydroxylation sites is 1. The molecule has 0 unspecified atom stereocenters. The van der Waals surface area contributed by atoms with E-state index in [2.05, 4.69) is 15.3 Å². The number of hydrogen-bond acceptors (Lipinski definition) is 5. The van der Waals surface area contributed by atoms with Crippen LogP contribution in [0.4, 0.5) is 5.69 Å². The summed E-state index contributed by atoms with van der Waals surface area (Å²) in [7, 11) is 0. The number of pyridine rings is 1. The van der Waals surface area contributed by atoms with Crippen LogP contribution in [0.1, 0.15) is 5.56 Å². The molecule has 0 saturated carbocycles. The van der Waals surface area contributed by atoms with Crippen molar-refractivity contribution in [3.8, 4) is 16.3 Å². The summed E-state index contributed by atoms with van der Waals surface area (Å²) >= 11 is 1.54. The molecule has 6 heteroatoms. The van der Waals surface area contributed by atoms with Gasteiger partial charge in [-0.05, 0) is 42.8 Å². The first-order valence-corrected chi connectivity index (χ1v) is 9.31. The minimum absolute atomic E-state index is 0.0429. The van der Waals surface area contributed by atoms with E-state index in [9.17, 15) is 4.79 Å². The van der Waals surface area contributed by atoms with E-state index in [1.807, 2.05) is 67.6 Å². The summed E-state index contributed by atoms with van der Waals surface area (Å²) in [6.07, 6.45) is 1.76. The predicted molar refractivity (Wildman–Crippen MR) is 108 cm³/mol. The Bertz CT molecular complexity index is 1060. The highest BCUT2D eigenvalue weighted by molar-refractivity contribution is 7.21. The number of carbonyl (C=O) groups is 1. The zero-order chi connectivity index (χ0) is 18.6. The maximum Gasteiger partial charge on any atom is 0.262 e. The maximum atomic E-state index is 12.3. The molecule has 0 saturated heterocycles. The summed E-state index contributed by atoms with van der Waals surface area (Å²) in [6, 6.07) is 18.9. The van der Waals surface area contributed by atoms with Crippen LogP contribution in [0.15, 0.2) is 66.9 Å². The van der Waals surface area contributed by atoms with Crippen molar-refractivity contribution in [2.75, 3.05) is 11.9 Å². The molecule has 2 heterocycles. The summed E-state index contributed by atoms with van der Waals surface area (Å²) in [5.41, 5.74) is 3.58. The quantitative estimate of drug-likeness (QED) is 0.550. The number of carbonyl (C=O) groups excluding carboxylic acids is 1. The Morgan fingerprint density at radius 2 is 1.93 bits per heavy atom. The molecule has 0 aliphatic carbocycles. The Kier molecular flexibility index (Phi) is 4.80. The number of anilines is 1. The average molecular weight is 375 g/mol. The van der Waals surface area contributed by atoms with Gasteiger partial charge in [0.05, 0.1) is 0 Å². The summed E-state index contributed by atoms with van der Waals surface area (Å²) in [4.78, 5) is 22.2. The van der Waals surface area contributed by atoms with E-state index in [0.717, 1.165) is 32.2 Å². The summed E-state index contributed by atoms with van der Waals surface area (Å²) in [5, 5.41) is 3.81. The van der Waals surface area contributed by atoms with Crippen LogP contribution in [0.25, 0.3) is 20.9 Å². The van der Waals surface area contributed by atoms with Crippen molar-refractivity contribution in [2.45, 2.75) is 6.92 Å². The van der Waals surface area contributed by atoms with Crippen LogP contribution in [-0.4, -0.2) is 22.5 Å². The Morgan fingerprint density at radius 3 is 2.74 bits per heavy atom. The third-order valence-electron chi connectivity index (χ3n) is 4.12. The molecule has 4 rings (SSSR count). The van der Waals surface area contributed by atoms with E-state index in [1.54, 1.807) is 17.5 Å². The summed E-state index contributed by atoms with van der Waals surface area (Å²) in [5.74, 6) is 0.463. The van der Waals surface area contributed by atoms with Crippen molar-refractivity contribution in [3.05, 3.63) is 72.4 Å². The van der Waals surface area contributed by atoms with Crippen molar-refractivity contribution in [1.29, 1.82) is 0 Å². The highest BCUT2D eigenvalue weighted by Crippen LogP contribution is 2.33. The second-order valence-electron chi connectivity index (χ2n) is 5.97. The number of amides is 1. The normalized spacial score (nSPS) is 10.7. The number of benzene rings is 2. The minimum atomic E-state index is -0.204. The molecule has 1 N–H and O–H groups in total. The minimum Gasteiger partial charge on any atom is -0.484 e. The van der Waals surface area contributed by atoms with E-state index in [-0.39, 0.29) is 12.5 Å². The number of nitrogens with one attached hydrogen (secondary N) is 1. The second-order valence-corrected chi connectivity index (χ2v) is 6.95. The molecule has 134 valence electrons. The largest absolute Gasteiger partial charge is 0.484 e. The number of ether oxygens (including phenoxy) is 1. The fourth-order valence-corrected chi connectivity index (χ4v) is 3.73. The van der Waals surface area contributed by atoms with Gasteiger partial charge in [0.2, 0.25) is 0 Å². The van der Waals surface area contributed by atoms with Gasteiger partial charge in [-0.15, -0.1) is 0 Å². The third-order valence-corrected chi connectivity index (χ3v) is 5.13. The van der Waals surface area contributed by atoms with E-state index in [1.165, 1.54) is 0 Å². The van der Waals surface area contributed by atoms with Crippen LogP contribution >= 0.6 is 11.3 Å². The van der Waals surface area contributed by atoms with Gasteiger partial charge in [-0.3, -0.25) is 4.79 Å². The first-order valence-electron chi connectivity index (χ1n) is 8.50. The zero-order valence-corrected chi connectivity index (χ0v) is 15.5. The van der Waals surface area contributed by atoms with Crippen LogP contribution in [0.5, 0.6) is 5.75 Å². The molecular weight excluding hydrogens is 358 g/mol. The maximum absolute atomic E-state index is 12.3.